The number of benzene rings is 2. The third-order valence-corrected chi connectivity index (χ3v) is 5.43. The molecule has 0 aromatic heterocycles. The van der Waals surface area contributed by atoms with Gasteiger partial charge >= 0.3 is 0 Å². The molecule has 2 aromatic rings. The lowest BCUT2D eigenvalue weighted by atomic mass is 9.88. The molecule has 0 saturated heterocycles. The number of carbonyl (C=O) groups is 1. The van der Waals surface area contributed by atoms with Crippen LogP contribution in [0, 0.1) is 25.7 Å². The number of ether oxygens (including phenoxy) is 1. The van der Waals surface area contributed by atoms with Crippen LogP contribution in [0.4, 0.5) is 0 Å². The molecule has 3 nitrogen and oxygen atoms in total. The van der Waals surface area contributed by atoms with Gasteiger partial charge in [-0.25, -0.2) is 0 Å². The highest BCUT2D eigenvalue weighted by Crippen LogP contribution is 2.35. The Morgan fingerprint density at radius 3 is 2.54 bits per heavy atom. The van der Waals surface area contributed by atoms with Crippen molar-refractivity contribution in [3.8, 4) is 5.75 Å². The van der Waals surface area contributed by atoms with Gasteiger partial charge in [0.15, 0.2) is 0 Å². The van der Waals surface area contributed by atoms with Gasteiger partial charge in [0, 0.05) is 12.5 Å². The van der Waals surface area contributed by atoms with Gasteiger partial charge in [-0.1, -0.05) is 42.3 Å². The summed E-state index contributed by atoms with van der Waals surface area (Å²) in [6.45, 7) is 4.78. The van der Waals surface area contributed by atoms with Gasteiger partial charge in [0.2, 0.25) is 5.91 Å². The molecule has 3 heteroatoms. The van der Waals surface area contributed by atoms with Crippen LogP contribution >= 0.6 is 0 Å². The van der Waals surface area contributed by atoms with Gasteiger partial charge < -0.3 is 10.1 Å². The monoisotopic (exact) mass is 351 g/mol. The van der Waals surface area contributed by atoms with E-state index in [1.165, 1.54) is 16.7 Å². The molecule has 1 N–H and O–H groups in total. The standard InChI is InChI=1S/C23H29NO2/c1-16-7-9-18(10-8-16)15-24-23(25)22-6-4-5-20(22)13-19-11-17(2)12-21(14-19)26-3/h7-12,14,20,22H,4-6,13,15H2,1-3H3,(H,24,25). The molecule has 138 valence electrons. The Morgan fingerprint density at radius 1 is 1.04 bits per heavy atom. The van der Waals surface area contributed by atoms with E-state index in [-0.39, 0.29) is 11.8 Å². The van der Waals surface area contributed by atoms with Crippen molar-refractivity contribution in [3.63, 3.8) is 0 Å². The summed E-state index contributed by atoms with van der Waals surface area (Å²) in [5.74, 6) is 1.64. The van der Waals surface area contributed by atoms with E-state index >= 15 is 0 Å². The van der Waals surface area contributed by atoms with Crippen LogP contribution in [0.25, 0.3) is 0 Å². The Bertz CT molecular complexity index is 751. The Hall–Kier alpha value is -2.29. The van der Waals surface area contributed by atoms with Crippen molar-refractivity contribution in [1.29, 1.82) is 0 Å². The van der Waals surface area contributed by atoms with Crippen LogP contribution in [0.1, 0.15) is 41.5 Å². The first kappa shape index (κ1) is 18.5. The van der Waals surface area contributed by atoms with Crippen molar-refractivity contribution in [2.45, 2.75) is 46.1 Å². The molecule has 1 aliphatic carbocycles. The zero-order chi connectivity index (χ0) is 18.5. The maximum Gasteiger partial charge on any atom is 0.223 e. The number of hydrogen-bond donors (Lipinski definition) is 1. The average molecular weight is 351 g/mol. The predicted molar refractivity (Wildman–Crippen MR) is 105 cm³/mol. The normalized spacial score (nSPS) is 19.3. The van der Waals surface area contributed by atoms with E-state index in [0.29, 0.717) is 12.5 Å². The Balaban J connectivity index is 1.61. The first-order valence-electron chi connectivity index (χ1n) is 9.53. The molecule has 1 saturated carbocycles. The fourth-order valence-electron chi connectivity index (χ4n) is 4.02. The van der Waals surface area contributed by atoms with E-state index in [1.807, 2.05) is 6.07 Å². The first-order chi connectivity index (χ1) is 12.5. The maximum absolute atomic E-state index is 12.7. The van der Waals surface area contributed by atoms with Crippen molar-refractivity contribution in [1.82, 2.24) is 5.32 Å². The summed E-state index contributed by atoms with van der Waals surface area (Å²) in [7, 11) is 1.70. The average Bonchev–Trinajstić information content (AvgIpc) is 3.08. The lowest BCUT2D eigenvalue weighted by molar-refractivity contribution is -0.126. The van der Waals surface area contributed by atoms with Crippen LogP contribution in [0.2, 0.25) is 0 Å². The molecule has 1 fully saturated rings. The van der Waals surface area contributed by atoms with Crippen molar-refractivity contribution in [3.05, 3.63) is 64.7 Å². The lowest BCUT2D eigenvalue weighted by Gasteiger charge is -2.20. The van der Waals surface area contributed by atoms with Gasteiger partial charge in [0.25, 0.3) is 0 Å². The molecule has 2 atom stereocenters. The predicted octanol–water partition coefficient (Wildman–Crippen LogP) is 4.59. The maximum atomic E-state index is 12.7. The number of carbonyl (C=O) groups excluding carboxylic acids is 1. The zero-order valence-electron chi connectivity index (χ0n) is 16.0. The topological polar surface area (TPSA) is 38.3 Å². The quantitative estimate of drug-likeness (QED) is 0.827. The summed E-state index contributed by atoms with van der Waals surface area (Å²) in [6.07, 6.45) is 4.20. The van der Waals surface area contributed by atoms with E-state index in [1.54, 1.807) is 7.11 Å². The summed E-state index contributed by atoms with van der Waals surface area (Å²) in [5, 5.41) is 3.15. The van der Waals surface area contributed by atoms with E-state index in [9.17, 15) is 4.79 Å². The highest BCUT2D eigenvalue weighted by molar-refractivity contribution is 5.79. The SMILES string of the molecule is COc1cc(C)cc(CC2CCCC2C(=O)NCc2ccc(C)cc2)c1. The van der Waals surface area contributed by atoms with E-state index in [4.69, 9.17) is 4.74 Å². The fraction of sp³-hybridized carbons (Fsp3) is 0.435. The van der Waals surface area contributed by atoms with Crippen LogP contribution in [0.5, 0.6) is 5.75 Å². The van der Waals surface area contributed by atoms with Crippen molar-refractivity contribution in [2.75, 3.05) is 7.11 Å². The zero-order valence-corrected chi connectivity index (χ0v) is 16.0. The minimum atomic E-state index is 0.118. The number of hydrogen-bond acceptors (Lipinski definition) is 2. The summed E-state index contributed by atoms with van der Waals surface area (Å²) in [6, 6.07) is 14.7. The number of amides is 1. The minimum Gasteiger partial charge on any atom is -0.497 e. The summed E-state index contributed by atoms with van der Waals surface area (Å²) in [5.41, 5.74) is 4.87. The number of methoxy groups -OCH3 is 1. The first-order valence-corrected chi connectivity index (χ1v) is 9.53. The van der Waals surface area contributed by atoms with E-state index < -0.39 is 0 Å². The van der Waals surface area contributed by atoms with Gasteiger partial charge in [0.1, 0.15) is 5.75 Å². The highest BCUT2D eigenvalue weighted by atomic mass is 16.5. The van der Waals surface area contributed by atoms with Gasteiger partial charge in [-0.05, 0) is 67.9 Å². The third kappa shape index (κ3) is 4.66. The van der Waals surface area contributed by atoms with E-state index in [2.05, 4.69) is 55.6 Å². The third-order valence-electron chi connectivity index (χ3n) is 5.43. The minimum absolute atomic E-state index is 0.118. The molecule has 2 unspecified atom stereocenters. The molecule has 1 aliphatic rings. The Kier molecular flexibility index (Phi) is 5.97. The smallest absolute Gasteiger partial charge is 0.223 e. The molecule has 0 spiro atoms. The van der Waals surface area contributed by atoms with E-state index in [0.717, 1.165) is 37.0 Å². The van der Waals surface area contributed by atoms with Crippen molar-refractivity contribution in [2.24, 2.45) is 11.8 Å². The largest absolute Gasteiger partial charge is 0.497 e. The molecule has 0 bridgehead atoms. The second-order valence-corrected chi connectivity index (χ2v) is 7.56. The van der Waals surface area contributed by atoms with Gasteiger partial charge in [-0.15, -0.1) is 0 Å². The Labute approximate surface area is 156 Å². The van der Waals surface area contributed by atoms with Crippen molar-refractivity contribution < 1.29 is 9.53 Å². The van der Waals surface area contributed by atoms with Gasteiger partial charge in [0.05, 0.1) is 7.11 Å². The molecule has 1 amide bonds. The second kappa shape index (κ2) is 8.39. The number of aryl methyl sites for hydroxylation is 2. The van der Waals surface area contributed by atoms with Crippen LogP contribution in [-0.4, -0.2) is 13.0 Å². The van der Waals surface area contributed by atoms with Gasteiger partial charge in [-0.3, -0.25) is 4.79 Å². The Morgan fingerprint density at radius 2 is 1.81 bits per heavy atom. The molecular formula is C23H29NO2. The van der Waals surface area contributed by atoms with Crippen LogP contribution in [0.15, 0.2) is 42.5 Å². The molecule has 0 heterocycles. The lowest BCUT2D eigenvalue weighted by Crippen LogP contribution is -2.33. The second-order valence-electron chi connectivity index (χ2n) is 7.56. The summed E-state index contributed by atoms with van der Waals surface area (Å²) >= 11 is 0. The number of nitrogens with one attached hydrogen (secondary N) is 1. The van der Waals surface area contributed by atoms with Crippen LogP contribution < -0.4 is 10.1 Å². The summed E-state index contributed by atoms with van der Waals surface area (Å²) in [4.78, 5) is 12.7. The molecule has 26 heavy (non-hydrogen) atoms. The number of rotatable bonds is 6. The highest BCUT2D eigenvalue weighted by Gasteiger charge is 2.32. The van der Waals surface area contributed by atoms with Crippen LogP contribution in [0.3, 0.4) is 0 Å². The van der Waals surface area contributed by atoms with Crippen molar-refractivity contribution >= 4 is 5.91 Å². The molecule has 0 radical (unpaired) electrons. The van der Waals surface area contributed by atoms with Crippen LogP contribution in [-0.2, 0) is 17.8 Å². The molecule has 2 aromatic carbocycles. The summed E-state index contributed by atoms with van der Waals surface area (Å²) < 4.78 is 5.39. The molecule has 0 aliphatic heterocycles. The molecule has 3 rings (SSSR count). The molecular weight excluding hydrogens is 322 g/mol. The van der Waals surface area contributed by atoms with Gasteiger partial charge in [-0.2, -0.15) is 0 Å². The fourth-order valence-corrected chi connectivity index (χ4v) is 4.02.